The molecule has 0 bridgehead atoms. The van der Waals surface area contributed by atoms with Gasteiger partial charge in [0.05, 0.1) is 12.3 Å². The highest BCUT2D eigenvalue weighted by Crippen LogP contribution is 2.42. The number of nitrogens with zero attached hydrogens (tertiary/aromatic N) is 2. The molecule has 1 fully saturated rings. The normalized spacial score (nSPS) is 13.9. The second-order valence-corrected chi connectivity index (χ2v) is 6.67. The van der Waals surface area contributed by atoms with E-state index in [2.05, 4.69) is 46.9 Å². The van der Waals surface area contributed by atoms with Crippen molar-refractivity contribution in [3.05, 3.63) is 62.4 Å². The average molecular weight is 311 g/mol. The summed E-state index contributed by atoms with van der Waals surface area (Å²) in [6.07, 6.45) is 2.06. The van der Waals surface area contributed by atoms with Crippen LogP contribution in [0.15, 0.2) is 28.2 Å². The summed E-state index contributed by atoms with van der Waals surface area (Å²) in [4.78, 5) is 22.6. The molecule has 0 spiro atoms. The largest absolute Gasteiger partial charge is 0.311 e. The highest BCUT2D eigenvalue weighted by molar-refractivity contribution is 7.98. The molecule has 1 aliphatic carbocycles. The monoisotopic (exact) mass is 311 g/mol. The lowest BCUT2D eigenvalue weighted by molar-refractivity contribution is 0.871. The predicted molar refractivity (Wildman–Crippen MR) is 88.6 cm³/mol. The minimum atomic E-state index is -0.310. The average Bonchev–Trinajstić information content (AvgIpc) is 3.32. The molecule has 1 heterocycles. The van der Waals surface area contributed by atoms with Gasteiger partial charge < -0.3 is 4.98 Å². The maximum atomic E-state index is 12.0. The highest BCUT2D eigenvalue weighted by Gasteiger charge is 2.29. The number of thioether (sulfide) groups is 1. The van der Waals surface area contributed by atoms with Crippen molar-refractivity contribution in [3.8, 4) is 0 Å². The maximum absolute atomic E-state index is 12.0. The Balaban J connectivity index is 1.85. The molecule has 0 amide bonds. The molecule has 2 aromatic rings. The molecule has 0 aliphatic heterocycles. The fourth-order valence-corrected chi connectivity index (χ4v) is 3.31. The minimum absolute atomic E-state index is 0.165. The van der Waals surface area contributed by atoms with Gasteiger partial charge in [0.25, 0.3) is 11.2 Å². The molecule has 5 heteroatoms. The number of benzene rings is 1. The van der Waals surface area contributed by atoms with E-state index in [1.165, 1.54) is 28.5 Å². The van der Waals surface area contributed by atoms with Crippen LogP contribution in [-0.2, 0) is 5.75 Å². The van der Waals surface area contributed by atoms with E-state index >= 15 is 0 Å². The molecular formula is C17H17N3OS. The first-order valence-corrected chi connectivity index (χ1v) is 8.27. The third-order valence-electron chi connectivity index (χ3n) is 3.85. The van der Waals surface area contributed by atoms with E-state index in [0.717, 1.165) is 18.6 Å². The summed E-state index contributed by atoms with van der Waals surface area (Å²) in [6, 6.07) is 6.37. The molecule has 1 aromatic carbocycles. The van der Waals surface area contributed by atoms with E-state index in [1.54, 1.807) is 0 Å². The number of nitrogens with one attached hydrogen (secondary N) is 1. The zero-order valence-corrected chi connectivity index (χ0v) is 13.5. The Morgan fingerprint density at radius 2 is 2.18 bits per heavy atom. The predicted octanol–water partition coefficient (Wildman–Crippen LogP) is 4.11. The molecule has 3 rings (SSSR count). The number of aromatic amines is 1. The Bertz CT molecular complexity index is 816. The van der Waals surface area contributed by atoms with Crippen molar-refractivity contribution in [1.82, 2.24) is 9.97 Å². The molecule has 1 aromatic heterocycles. The second-order valence-electron chi connectivity index (χ2n) is 5.71. The van der Waals surface area contributed by atoms with Crippen molar-refractivity contribution in [3.63, 3.8) is 0 Å². The number of hydrogen-bond acceptors (Lipinski definition) is 3. The summed E-state index contributed by atoms with van der Waals surface area (Å²) in [7, 11) is 0. The summed E-state index contributed by atoms with van der Waals surface area (Å²) < 4.78 is 0. The Labute approximate surface area is 133 Å². The fraction of sp³-hybridized carbons (Fsp3) is 0.353. The van der Waals surface area contributed by atoms with E-state index in [4.69, 9.17) is 6.57 Å². The van der Waals surface area contributed by atoms with Crippen molar-refractivity contribution in [1.29, 1.82) is 0 Å². The van der Waals surface area contributed by atoms with Gasteiger partial charge in [-0.25, -0.2) is 9.83 Å². The number of hydrogen-bond donors (Lipinski definition) is 1. The minimum Gasteiger partial charge on any atom is -0.311 e. The first kappa shape index (κ1) is 14.9. The maximum Gasteiger partial charge on any atom is 0.271 e. The van der Waals surface area contributed by atoms with Crippen LogP contribution in [0, 0.1) is 20.4 Å². The third-order valence-corrected chi connectivity index (χ3v) is 4.77. The van der Waals surface area contributed by atoms with Crippen molar-refractivity contribution in [2.45, 2.75) is 43.5 Å². The van der Waals surface area contributed by atoms with Crippen LogP contribution in [0.25, 0.3) is 4.85 Å². The van der Waals surface area contributed by atoms with Gasteiger partial charge in [0.2, 0.25) is 0 Å². The number of aromatic nitrogens is 2. The van der Waals surface area contributed by atoms with Gasteiger partial charge in [0.1, 0.15) is 0 Å². The van der Waals surface area contributed by atoms with E-state index in [0.29, 0.717) is 16.8 Å². The van der Waals surface area contributed by atoms with Gasteiger partial charge in [0, 0.05) is 5.75 Å². The van der Waals surface area contributed by atoms with Gasteiger partial charge in [-0.05, 0) is 43.7 Å². The van der Waals surface area contributed by atoms with Crippen LogP contribution < -0.4 is 5.56 Å². The van der Waals surface area contributed by atoms with E-state index in [9.17, 15) is 4.79 Å². The van der Waals surface area contributed by atoms with Crippen LogP contribution in [0.5, 0.6) is 0 Å². The molecule has 1 aliphatic rings. The van der Waals surface area contributed by atoms with Gasteiger partial charge in [0.15, 0.2) is 5.16 Å². The van der Waals surface area contributed by atoms with Gasteiger partial charge in [-0.15, -0.1) is 0 Å². The Morgan fingerprint density at radius 1 is 1.41 bits per heavy atom. The number of aryl methyl sites for hydroxylation is 2. The molecule has 0 atom stereocenters. The van der Waals surface area contributed by atoms with Crippen LogP contribution >= 0.6 is 11.8 Å². The van der Waals surface area contributed by atoms with Crippen molar-refractivity contribution >= 4 is 17.4 Å². The van der Waals surface area contributed by atoms with Crippen LogP contribution in [0.3, 0.4) is 0 Å². The Kier molecular flexibility index (Phi) is 4.04. The first-order valence-electron chi connectivity index (χ1n) is 7.29. The first-order chi connectivity index (χ1) is 10.6. The molecule has 112 valence electrons. The Morgan fingerprint density at radius 3 is 2.86 bits per heavy atom. The summed E-state index contributed by atoms with van der Waals surface area (Å²) in [5.74, 6) is 1.06. The molecule has 22 heavy (non-hydrogen) atoms. The quantitative estimate of drug-likeness (QED) is 0.525. The topological polar surface area (TPSA) is 50.1 Å². The SMILES string of the molecule is [C-]#[N+]c1c(C2CC2)nc(SCc2cc(C)ccc2C)[nH]c1=O. The van der Waals surface area contributed by atoms with Gasteiger partial charge in [-0.3, -0.25) is 4.79 Å². The molecule has 1 N–H and O–H groups in total. The zero-order valence-electron chi connectivity index (χ0n) is 12.6. The molecule has 1 saturated carbocycles. The summed E-state index contributed by atoms with van der Waals surface area (Å²) in [5.41, 5.74) is 4.25. The fourth-order valence-electron chi connectivity index (χ4n) is 2.38. The second kappa shape index (κ2) is 5.98. The van der Waals surface area contributed by atoms with Gasteiger partial charge in [-0.2, -0.15) is 0 Å². The van der Waals surface area contributed by atoms with E-state index in [1.807, 2.05) is 0 Å². The lowest BCUT2D eigenvalue weighted by atomic mass is 10.1. The number of H-pyrrole nitrogens is 1. The van der Waals surface area contributed by atoms with Gasteiger partial charge in [-0.1, -0.05) is 35.5 Å². The van der Waals surface area contributed by atoms with Crippen molar-refractivity contribution in [2.24, 2.45) is 0 Å². The lowest BCUT2D eigenvalue weighted by Gasteiger charge is -2.08. The van der Waals surface area contributed by atoms with Crippen molar-refractivity contribution < 1.29 is 0 Å². The number of rotatable bonds is 4. The summed E-state index contributed by atoms with van der Waals surface area (Å²) in [6.45, 7) is 11.3. The lowest BCUT2D eigenvalue weighted by Crippen LogP contribution is -2.11. The van der Waals surface area contributed by atoms with Crippen molar-refractivity contribution in [2.75, 3.05) is 0 Å². The molecule has 0 saturated heterocycles. The Hall–Kier alpha value is -2.06. The van der Waals surface area contributed by atoms with Crippen LogP contribution in [-0.4, -0.2) is 9.97 Å². The van der Waals surface area contributed by atoms with Crippen LogP contribution in [0.4, 0.5) is 5.69 Å². The molecule has 0 radical (unpaired) electrons. The van der Waals surface area contributed by atoms with Crippen LogP contribution in [0.1, 0.15) is 41.1 Å². The standard InChI is InChI=1S/C17H17N3OS/c1-10-4-5-11(2)13(8-10)9-22-17-19-14(12-6-7-12)15(18-3)16(21)20-17/h4-5,8,12H,6-7,9H2,1-2H3,(H,19,20,21). The zero-order chi connectivity index (χ0) is 15.7. The molecular weight excluding hydrogens is 294 g/mol. The third kappa shape index (κ3) is 3.07. The highest BCUT2D eigenvalue weighted by atomic mass is 32.2. The summed E-state index contributed by atoms with van der Waals surface area (Å²) in [5, 5.41) is 0.611. The smallest absolute Gasteiger partial charge is 0.271 e. The summed E-state index contributed by atoms with van der Waals surface area (Å²) >= 11 is 1.52. The van der Waals surface area contributed by atoms with Crippen LogP contribution in [0.2, 0.25) is 0 Å². The van der Waals surface area contributed by atoms with E-state index in [-0.39, 0.29) is 11.2 Å². The molecule has 0 unspecified atom stereocenters. The molecule has 4 nitrogen and oxygen atoms in total. The van der Waals surface area contributed by atoms with Gasteiger partial charge >= 0.3 is 0 Å². The van der Waals surface area contributed by atoms with E-state index < -0.39 is 0 Å².